The van der Waals surface area contributed by atoms with Crippen LogP contribution in [0.2, 0.25) is 0 Å². The molecule has 0 saturated carbocycles. The SMILES string of the molecule is CC(C)(C)c1ccc([S+](c2ccccc2)c2ccccc2)cc1.O=S(=O)([O-])C(F)C(F)C(F)C(F)C(F)C(F)CCF. The Hall–Kier alpha value is -2.57. The quantitative estimate of drug-likeness (QED) is 0.122. The number of hydrogen-bond donors (Lipinski definition) is 0. The summed E-state index contributed by atoms with van der Waals surface area (Å²) in [5.41, 5.74) is -2.38. The number of halogens is 7. The molecule has 0 aliphatic carbocycles. The third-order valence-corrected chi connectivity index (χ3v) is 9.13. The molecule has 12 heteroatoms. The van der Waals surface area contributed by atoms with Crippen molar-refractivity contribution in [2.24, 2.45) is 0 Å². The van der Waals surface area contributed by atoms with Crippen LogP contribution in [0.3, 0.4) is 0 Å². The van der Waals surface area contributed by atoms with Gasteiger partial charge in [0.1, 0.15) is 16.3 Å². The smallest absolute Gasteiger partial charge is 0.223 e. The maximum Gasteiger partial charge on any atom is 0.223 e. The van der Waals surface area contributed by atoms with Gasteiger partial charge in [-0.2, -0.15) is 0 Å². The zero-order valence-electron chi connectivity index (χ0n) is 23.1. The molecule has 0 N–H and O–H groups in total. The molecular weight excluding hydrogens is 605 g/mol. The number of rotatable bonds is 11. The Morgan fingerprint density at radius 3 is 1.45 bits per heavy atom. The highest BCUT2D eigenvalue weighted by Crippen LogP contribution is 2.32. The van der Waals surface area contributed by atoms with Gasteiger partial charge in [-0.3, -0.25) is 4.39 Å². The molecular formula is C30H33F7O3S2. The molecule has 3 aromatic rings. The summed E-state index contributed by atoms with van der Waals surface area (Å²) in [6, 6.07) is 30.7. The van der Waals surface area contributed by atoms with Gasteiger partial charge in [-0.05, 0) is 47.4 Å². The molecule has 0 spiro atoms. The lowest BCUT2D eigenvalue weighted by Crippen LogP contribution is -2.44. The fourth-order valence-electron chi connectivity index (χ4n) is 3.73. The Balaban J connectivity index is 0.000000301. The lowest BCUT2D eigenvalue weighted by Gasteiger charge is -2.24. The average Bonchev–Trinajstić information content (AvgIpc) is 2.96. The third kappa shape index (κ3) is 10.0. The number of alkyl halides is 7. The minimum absolute atomic E-state index is 0.0497. The summed E-state index contributed by atoms with van der Waals surface area (Å²) in [5.74, 6) is 0. The lowest BCUT2D eigenvalue weighted by atomic mass is 9.87. The second kappa shape index (κ2) is 15.8. The van der Waals surface area contributed by atoms with E-state index in [4.69, 9.17) is 0 Å². The van der Waals surface area contributed by atoms with Crippen molar-refractivity contribution < 1.29 is 43.7 Å². The Bertz CT molecular complexity index is 1270. The summed E-state index contributed by atoms with van der Waals surface area (Å²) in [7, 11) is -5.96. The van der Waals surface area contributed by atoms with Gasteiger partial charge < -0.3 is 4.55 Å². The molecule has 42 heavy (non-hydrogen) atoms. The van der Waals surface area contributed by atoms with Crippen LogP contribution in [0.1, 0.15) is 32.8 Å². The molecule has 232 valence electrons. The molecule has 0 aliphatic rings. The van der Waals surface area contributed by atoms with Crippen LogP contribution in [-0.2, 0) is 26.4 Å². The maximum atomic E-state index is 12.9. The van der Waals surface area contributed by atoms with Crippen LogP contribution in [0.4, 0.5) is 30.7 Å². The first-order valence-electron chi connectivity index (χ1n) is 12.9. The van der Waals surface area contributed by atoms with Crippen molar-refractivity contribution in [2.45, 2.75) is 83.7 Å². The Kier molecular flexibility index (Phi) is 13.4. The van der Waals surface area contributed by atoms with Gasteiger partial charge in [-0.1, -0.05) is 69.3 Å². The van der Waals surface area contributed by atoms with E-state index in [1.165, 1.54) is 20.2 Å². The molecule has 3 rings (SSSR count). The van der Waals surface area contributed by atoms with E-state index in [1.54, 1.807) is 0 Å². The zero-order chi connectivity index (χ0) is 31.7. The molecule has 0 amide bonds. The summed E-state index contributed by atoms with van der Waals surface area (Å²) >= 11 is 0. The number of benzene rings is 3. The van der Waals surface area contributed by atoms with E-state index in [-0.39, 0.29) is 16.3 Å². The minimum Gasteiger partial charge on any atom is -0.746 e. The lowest BCUT2D eigenvalue weighted by molar-refractivity contribution is -0.0123. The number of hydrogen-bond acceptors (Lipinski definition) is 3. The van der Waals surface area contributed by atoms with Crippen LogP contribution in [-0.4, -0.2) is 56.0 Å². The van der Waals surface area contributed by atoms with Gasteiger partial charge in [0.2, 0.25) is 5.50 Å². The van der Waals surface area contributed by atoms with Gasteiger partial charge in [0.15, 0.2) is 39.4 Å². The Morgan fingerprint density at radius 2 is 1.07 bits per heavy atom. The van der Waals surface area contributed by atoms with Crippen molar-refractivity contribution in [2.75, 3.05) is 6.67 Å². The summed E-state index contributed by atoms with van der Waals surface area (Å²) in [5, 5.41) is 0. The molecule has 0 saturated heterocycles. The van der Waals surface area contributed by atoms with E-state index >= 15 is 0 Å². The average molecular weight is 639 g/mol. The van der Waals surface area contributed by atoms with Gasteiger partial charge in [-0.25, -0.2) is 34.8 Å². The first-order valence-corrected chi connectivity index (χ1v) is 15.6. The predicted octanol–water partition coefficient (Wildman–Crippen LogP) is 7.96. The van der Waals surface area contributed by atoms with Crippen LogP contribution >= 0.6 is 0 Å². The highest BCUT2D eigenvalue weighted by molar-refractivity contribution is 7.97. The molecule has 6 atom stereocenters. The second-order valence-corrected chi connectivity index (χ2v) is 13.8. The maximum absolute atomic E-state index is 12.9. The minimum atomic E-state index is -5.91. The monoisotopic (exact) mass is 638 g/mol. The van der Waals surface area contributed by atoms with Crippen LogP contribution in [0, 0.1) is 0 Å². The molecule has 0 heterocycles. The molecule has 3 aromatic carbocycles. The van der Waals surface area contributed by atoms with E-state index < -0.39 is 59.6 Å². The van der Waals surface area contributed by atoms with E-state index in [2.05, 4.69) is 106 Å². The van der Waals surface area contributed by atoms with Crippen LogP contribution < -0.4 is 0 Å². The highest BCUT2D eigenvalue weighted by Gasteiger charge is 2.45. The zero-order valence-corrected chi connectivity index (χ0v) is 24.8. The van der Waals surface area contributed by atoms with Gasteiger partial charge in [0.25, 0.3) is 0 Å². The standard InChI is InChI=1S/C22H23S.C8H11F7O3S/c1-22(2,3)18-14-16-21(17-15-18)23(19-10-6-4-7-11-19)20-12-8-5-9-13-20;9-2-1-3(10)4(11)5(12)6(13)7(14)8(15)19(16,17)18/h4-17H,1-3H3;3-8H,1-2H2,(H,16,17,18)/q+1;/p-1. The van der Waals surface area contributed by atoms with Crippen LogP contribution in [0.5, 0.6) is 0 Å². The predicted molar refractivity (Wildman–Crippen MR) is 150 cm³/mol. The molecule has 0 aromatic heterocycles. The fraction of sp³-hybridized carbons (Fsp3) is 0.400. The van der Waals surface area contributed by atoms with Gasteiger partial charge in [0.05, 0.1) is 17.6 Å². The summed E-state index contributed by atoms with van der Waals surface area (Å²) in [4.78, 5) is 4.10. The molecule has 0 fully saturated rings. The summed E-state index contributed by atoms with van der Waals surface area (Å²) in [6.07, 6.45) is -18.4. The first-order chi connectivity index (χ1) is 19.6. The van der Waals surface area contributed by atoms with Crippen molar-refractivity contribution >= 4 is 21.0 Å². The van der Waals surface area contributed by atoms with Crippen molar-refractivity contribution in [3.63, 3.8) is 0 Å². The van der Waals surface area contributed by atoms with Crippen molar-refractivity contribution in [3.8, 4) is 0 Å². The van der Waals surface area contributed by atoms with E-state index in [9.17, 15) is 43.7 Å². The normalized spacial score (nSPS) is 16.5. The van der Waals surface area contributed by atoms with Crippen LogP contribution in [0.25, 0.3) is 0 Å². The highest BCUT2D eigenvalue weighted by atomic mass is 32.2. The van der Waals surface area contributed by atoms with E-state index in [1.807, 2.05) is 0 Å². The Labute approximate surface area is 245 Å². The van der Waals surface area contributed by atoms with Crippen molar-refractivity contribution in [1.29, 1.82) is 0 Å². The van der Waals surface area contributed by atoms with Crippen LogP contribution in [0.15, 0.2) is 99.6 Å². The molecule has 0 radical (unpaired) electrons. The summed E-state index contributed by atoms with van der Waals surface area (Å²) < 4.78 is 119. The molecule has 6 unspecified atom stereocenters. The van der Waals surface area contributed by atoms with Crippen molar-refractivity contribution in [3.05, 3.63) is 90.5 Å². The van der Waals surface area contributed by atoms with Gasteiger partial charge in [0, 0.05) is 6.42 Å². The topological polar surface area (TPSA) is 57.2 Å². The van der Waals surface area contributed by atoms with Gasteiger partial charge in [-0.15, -0.1) is 0 Å². The van der Waals surface area contributed by atoms with E-state index in [0.717, 1.165) is 0 Å². The van der Waals surface area contributed by atoms with Gasteiger partial charge >= 0.3 is 0 Å². The third-order valence-electron chi connectivity index (χ3n) is 6.08. The van der Waals surface area contributed by atoms with E-state index in [0.29, 0.717) is 0 Å². The first kappa shape index (κ1) is 35.6. The van der Waals surface area contributed by atoms with Crippen molar-refractivity contribution in [1.82, 2.24) is 0 Å². The summed E-state index contributed by atoms with van der Waals surface area (Å²) in [6.45, 7) is 5.38. The largest absolute Gasteiger partial charge is 0.746 e. The Morgan fingerprint density at radius 1 is 0.667 bits per heavy atom. The fourth-order valence-corrected chi connectivity index (χ4v) is 6.28. The molecule has 0 bridgehead atoms. The molecule has 3 nitrogen and oxygen atoms in total. The molecule has 0 aliphatic heterocycles. The second-order valence-electron chi connectivity index (χ2n) is 10.3.